The first-order valence-electron chi connectivity index (χ1n) is 5.19. The normalized spacial score (nSPS) is 12.3. The molecule has 0 aliphatic carbocycles. The molecule has 6 nitrogen and oxygen atoms in total. The van der Waals surface area contributed by atoms with Crippen molar-refractivity contribution in [2.24, 2.45) is 5.73 Å². The van der Waals surface area contributed by atoms with Gasteiger partial charge in [-0.15, -0.1) is 11.3 Å². The van der Waals surface area contributed by atoms with Crippen LogP contribution in [-0.2, 0) is 4.79 Å². The summed E-state index contributed by atoms with van der Waals surface area (Å²) in [5.41, 5.74) is 6.04. The maximum absolute atomic E-state index is 11.8. The molecule has 0 aliphatic heterocycles. The molecular formula is C11H11N3O3S. The average molecular weight is 265 g/mol. The van der Waals surface area contributed by atoms with Gasteiger partial charge in [0.15, 0.2) is 0 Å². The lowest BCUT2D eigenvalue weighted by atomic mass is 10.3. The van der Waals surface area contributed by atoms with E-state index in [0.717, 1.165) is 10.2 Å². The Balaban J connectivity index is 2.07. The number of carboxylic acids is 1. The Hall–Kier alpha value is -1.99. The van der Waals surface area contributed by atoms with E-state index < -0.39 is 12.0 Å². The standard InChI is InChI=1S/C11H11N3O3S/c12-6(11(16)17)5-14-10(15)9-4-7-8(18-9)2-1-3-13-7/h1-4,6H,5,12H2,(H,14,15)(H,16,17). The van der Waals surface area contributed by atoms with Crippen molar-refractivity contribution in [3.8, 4) is 0 Å². The minimum atomic E-state index is -1.15. The van der Waals surface area contributed by atoms with Gasteiger partial charge in [0.05, 0.1) is 15.1 Å². The monoisotopic (exact) mass is 265 g/mol. The average Bonchev–Trinajstić information content (AvgIpc) is 2.79. The van der Waals surface area contributed by atoms with Gasteiger partial charge in [0.2, 0.25) is 0 Å². The SMILES string of the molecule is NC(CNC(=O)c1cc2ncccc2s1)C(=O)O. The number of fused-ring (bicyclic) bond motifs is 1. The smallest absolute Gasteiger partial charge is 0.322 e. The molecule has 0 bridgehead atoms. The first-order chi connectivity index (χ1) is 8.58. The summed E-state index contributed by atoms with van der Waals surface area (Å²) in [6.07, 6.45) is 1.65. The van der Waals surface area contributed by atoms with Gasteiger partial charge in [-0.2, -0.15) is 0 Å². The lowest BCUT2D eigenvalue weighted by Crippen LogP contribution is -2.42. The van der Waals surface area contributed by atoms with E-state index >= 15 is 0 Å². The molecule has 0 saturated heterocycles. The van der Waals surface area contributed by atoms with Gasteiger partial charge in [-0.1, -0.05) is 0 Å². The van der Waals surface area contributed by atoms with Crippen LogP contribution in [0.3, 0.4) is 0 Å². The van der Waals surface area contributed by atoms with E-state index in [0.29, 0.717) is 4.88 Å². The van der Waals surface area contributed by atoms with E-state index in [4.69, 9.17) is 10.8 Å². The number of aromatic nitrogens is 1. The van der Waals surface area contributed by atoms with Crippen LogP contribution in [0, 0.1) is 0 Å². The number of aliphatic carboxylic acids is 1. The van der Waals surface area contributed by atoms with Crippen LogP contribution in [0.25, 0.3) is 10.2 Å². The van der Waals surface area contributed by atoms with Crippen molar-refractivity contribution in [2.45, 2.75) is 6.04 Å². The van der Waals surface area contributed by atoms with Gasteiger partial charge in [0.1, 0.15) is 6.04 Å². The highest BCUT2D eigenvalue weighted by atomic mass is 32.1. The minimum Gasteiger partial charge on any atom is -0.480 e. The Morgan fingerprint density at radius 2 is 2.33 bits per heavy atom. The maximum Gasteiger partial charge on any atom is 0.322 e. The Labute approximate surface area is 106 Å². The van der Waals surface area contributed by atoms with E-state index in [1.165, 1.54) is 11.3 Å². The summed E-state index contributed by atoms with van der Waals surface area (Å²) in [4.78, 5) is 26.9. The third-order valence-electron chi connectivity index (χ3n) is 2.31. The van der Waals surface area contributed by atoms with E-state index in [1.807, 2.05) is 6.07 Å². The molecule has 2 heterocycles. The van der Waals surface area contributed by atoms with Crippen molar-refractivity contribution in [3.05, 3.63) is 29.3 Å². The fourth-order valence-electron chi connectivity index (χ4n) is 1.36. The molecule has 4 N–H and O–H groups in total. The van der Waals surface area contributed by atoms with Crippen LogP contribution in [0.2, 0.25) is 0 Å². The second-order valence-corrected chi connectivity index (χ2v) is 4.74. The van der Waals surface area contributed by atoms with E-state index in [9.17, 15) is 9.59 Å². The second-order valence-electron chi connectivity index (χ2n) is 3.65. The predicted molar refractivity (Wildman–Crippen MR) is 67.6 cm³/mol. The number of carbonyl (C=O) groups is 2. The Morgan fingerprint density at radius 1 is 1.56 bits per heavy atom. The third-order valence-corrected chi connectivity index (χ3v) is 3.40. The summed E-state index contributed by atoms with van der Waals surface area (Å²) in [7, 11) is 0. The highest BCUT2D eigenvalue weighted by Gasteiger charge is 2.15. The van der Waals surface area contributed by atoms with Crippen molar-refractivity contribution in [2.75, 3.05) is 6.54 Å². The summed E-state index contributed by atoms with van der Waals surface area (Å²) in [5, 5.41) is 11.1. The van der Waals surface area contributed by atoms with Crippen molar-refractivity contribution in [1.82, 2.24) is 10.3 Å². The molecule has 2 aromatic heterocycles. The molecule has 0 aliphatic rings. The number of carbonyl (C=O) groups excluding carboxylic acids is 1. The number of nitrogens with zero attached hydrogens (tertiary/aromatic N) is 1. The van der Waals surface area contributed by atoms with Crippen LogP contribution in [0.5, 0.6) is 0 Å². The molecule has 0 radical (unpaired) electrons. The van der Waals surface area contributed by atoms with Gasteiger partial charge in [0.25, 0.3) is 5.91 Å². The zero-order valence-electron chi connectivity index (χ0n) is 9.29. The molecule has 1 atom stereocenters. The van der Waals surface area contributed by atoms with E-state index in [1.54, 1.807) is 18.3 Å². The number of nitrogens with two attached hydrogens (primary N) is 1. The largest absolute Gasteiger partial charge is 0.480 e. The van der Waals surface area contributed by atoms with Gasteiger partial charge >= 0.3 is 5.97 Å². The van der Waals surface area contributed by atoms with Gasteiger partial charge in [-0.05, 0) is 18.2 Å². The number of nitrogens with one attached hydrogen (secondary N) is 1. The lowest BCUT2D eigenvalue weighted by molar-refractivity contribution is -0.138. The Kier molecular flexibility index (Phi) is 3.54. The molecule has 0 fully saturated rings. The summed E-state index contributed by atoms with van der Waals surface area (Å²) >= 11 is 1.30. The first kappa shape index (κ1) is 12.5. The molecule has 2 aromatic rings. The van der Waals surface area contributed by atoms with Crippen LogP contribution in [0.1, 0.15) is 9.67 Å². The van der Waals surface area contributed by atoms with Crippen LogP contribution >= 0.6 is 11.3 Å². The minimum absolute atomic E-state index is 0.101. The highest BCUT2D eigenvalue weighted by molar-refractivity contribution is 7.20. The van der Waals surface area contributed by atoms with Crippen LogP contribution in [0.4, 0.5) is 0 Å². The molecule has 18 heavy (non-hydrogen) atoms. The lowest BCUT2D eigenvalue weighted by Gasteiger charge is -2.06. The Bertz CT molecular complexity index is 563. The zero-order chi connectivity index (χ0) is 13.1. The number of carboxylic acid groups (broad SMARTS) is 1. The Morgan fingerprint density at radius 3 is 3.00 bits per heavy atom. The van der Waals surface area contributed by atoms with E-state index in [2.05, 4.69) is 10.3 Å². The zero-order valence-corrected chi connectivity index (χ0v) is 10.1. The topological polar surface area (TPSA) is 105 Å². The molecule has 7 heteroatoms. The molecule has 1 amide bonds. The number of amides is 1. The van der Waals surface area contributed by atoms with Gasteiger partial charge in [-0.25, -0.2) is 0 Å². The fraction of sp³-hybridized carbons (Fsp3) is 0.182. The van der Waals surface area contributed by atoms with Crippen molar-refractivity contribution >= 4 is 33.4 Å². The van der Waals surface area contributed by atoms with Crippen LogP contribution in [-0.4, -0.2) is 34.6 Å². The fourth-order valence-corrected chi connectivity index (χ4v) is 2.29. The van der Waals surface area contributed by atoms with Gasteiger partial charge < -0.3 is 16.2 Å². The first-order valence-corrected chi connectivity index (χ1v) is 6.00. The number of hydrogen-bond acceptors (Lipinski definition) is 5. The number of hydrogen-bond donors (Lipinski definition) is 3. The number of pyridine rings is 1. The van der Waals surface area contributed by atoms with Gasteiger partial charge in [-0.3, -0.25) is 14.6 Å². The van der Waals surface area contributed by atoms with E-state index in [-0.39, 0.29) is 12.5 Å². The van der Waals surface area contributed by atoms with Crippen molar-refractivity contribution < 1.29 is 14.7 Å². The maximum atomic E-state index is 11.8. The quantitative estimate of drug-likeness (QED) is 0.743. The number of thiophene rings is 1. The summed E-state index contributed by atoms with van der Waals surface area (Å²) < 4.78 is 0.908. The molecule has 0 saturated carbocycles. The second kappa shape index (κ2) is 5.11. The number of rotatable bonds is 4. The highest BCUT2D eigenvalue weighted by Crippen LogP contribution is 2.23. The molecule has 2 rings (SSSR count). The molecular weight excluding hydrogens is 254 g/mol. The predicted octanol–water partition coefficient (Wildman–Crippen LogP) is 0.438. The van der Waals surface area contributed by atoms with Crippen LogP contribution < -0.4 is 11.1 Å². The third kappa shape index (κ3) is 2.63. The van der Waals surface area contributed by atoms with Crippen LogP contribution in [0.15, 0.2) is 24.4 Å². The molecule has 94 valence electrons. The molecule has 0 spiro atoms. The summed E-state index contributed by atoms with van der Waals surface area (Å²) in [5.74, 6) is -1.48. The molecule has 0 aromatic carbocycles. The summed E-state index contributed by atoms with van der Waals surface area (Å²) in [6, 6.07) is 4.23. The molecule has 1 unspecified atom stereocenters. The summed E-state index contributed by atoms with van der Waals surface area (Å²) in [6.45, 7) is -0.101. The van der Waals surface area contributed by atoms with Crippen molar-refractivity contribution in [3.63, 3.8) is 0 Å². The van der Waals surface area contributed by atoms with Gasteiger partial charge in [0, 0.05) is 12.7 Å². The van der Waals surface area contributed by atoms with Crippen molar-refractivity contribution in [1.29, 1.82) is 0 Å².